The number of hydrogen-bond donors (Lipinski definition) is 0. The Kier molecular flexibility index (Phi) is 11.3. The maximum absolute atomic E-state index is 11.9. The van der Waals surface area contributed by atoms with Gasteiger partial charge < -0.3 is 19.1 Å². The average molecular weight is 664 g/mol. The molecule has 3 fully saturated rings. The molecule has 2 aromatic carbocycles. The number of benzene rings is 2. The number of carbonyl (C=O) groups excluding carboxylic acids is 1. The molecule has 2 saturated heterocycles. The number of methoxy groups -OCH3 is 1. The Labute approximate surface area is 287 Å². The third-order valence-electron chi connectivity index (χ3n) is 11.1. The number of allylic oxidation sites excluding steroid dienone is 1. The van der Waals surface area contributed by atoms with E-state index in [0.29, 0.717) is 36.2 Å². The van der Waals surface area contributed by atoms with Crippen LogP contribution in [0.5, 0.6) is 5.75 Å². The minimum atomic E-state index is -0.358. The zero-order chi connectivity index (χ0) is 33.0. The Morgan fingerprint density at radius 1 is 1.06 bits per heavy atom. The fourth-order valence-electron chi connectivity index (χ4n) is 8.52. The molecule has 8 heteroatoms. The van der Waals surface area contributed by atoms with Crippen LogP contribution in [0.15, 0.2) is 48.6 Å². The van der Waals surface area contributed by atoms with Gasteiger partial charge in [0.25, 0.3) is 0 Å². The highest BCUT2D eigenvalue weighted by Gasteiger charge is 2.49. The van der Waals surface area contributed by atoms with Gasteiger partial charge in [0.15, 0.2) is 0 Å². The summed E-state index contributed by atoms with van der Waals surface area (Å²) in [6.45, 7) is 14.8. The van der Waals surface area contributed by atoms with Crippen LogP contribution in [0.3, 0.4) is 0 Å². The number of piperazine rings is 1. The minimum Gasteiger partial charge on any atom is -0.491 e. The first-order valence-corrected chi connectivity index (χ1v) is 18.3. The summed E-state index contributed by atoms with van der Waals surface area (Å²) >= 11 is 6.47. The number of ether oxygens (including phenoxy) is 3. The van der Waals surface area contributed by atoms with E-state index in [4.69, 9.17) is 25.8 Å². The molecule has 47 heavy (non-hydrogen) atoms. The van der Waals surface area contributed by atoms with E-state index in [1.165, 1.54) is 11.1 Å². The van der Waals surface area contributed by atoms with Gasteiger partial charge in [0.05, 0.1) is 25.0 Å². The molecule has 0 amide bonds. The van der Waals surface area contributed by atoms with Gasteiger partial charge in [0, 0.05) is 75.5 Å². The van der Waals surface area contributed by atoms with Crippen LogP contribution in [0.4, 0.5) is 5.69 Å². The van der Waals surface area contributed by atoms with Crippen molar-refractivity contribution in [2.24, 2.45) is 11.8 Å². The van der Waals surface area contributed by atoms with Crippen LogP contribution in [0, 0.1) is 11.8 Å². The predicted molar refractivity (Wildman–Crippen MR) is 190 cm³/mol. The van der Waals surface area contributed by atoms with Crippen LogP contribution in [-0.2, 0) is 15.9 Å². The lowest BCUT2D eigenvalue weighted by Gasteiger charge is -2.53. The third-order valence-corrected chi connectivity index (χ3v) is 11.4. The highest BCUT2D eigenvalue weighted by molar-refractivity contribution is 6.30. The second-order valence-electron chi connectivity index (χ2n) is 14.3. The highest BCUT2D eigenvalue weighted by atomic mass is 35.5. The quantitative estimate of drug-likeness (QED) is 0.182. The minimum absolute atomic E-state index is 0.184. The maximum atomic E-state index is 11.9. The molecule has 2 aromatic rings. The van der Waals surface area contributed by atoms with Gasteiger partial charge in [-0.05, 0) is 85.9 Å². The van der Waals surface area contributed by atoms with Crippen molar-refractivity contribution >= 4 is 23.6 Å². The molecule has 1 saturated carbocycles. The molecule has 0 spiro atoms. The fraction of sp³-hybridized carbons (Fsp3) is 0.615. The summed E-state index contributed by atoms with van der Waals surface area (Å²) < 4.78 is 19.2. The molecular weight excluding hydrogens is 610 g/mol. The molecule has 4 aliphatic rings. The monoisotopic (exact) mass is 663 g/mol. The molecule has 1 aliphatic carbocycles. The molecule has 0 N–H and O–H groups in total. The summed E-state index contributed by atoms with van der Waals surface area (Å²) in [5.41, 5.74) is 3.95. The van der Waals surface area contributed by atoms with Crippen molar-refractivity contribution in [3.05, 3.63) is 70.3 Å². The normalized spacial score (nSPS) is 28.1. The first-order chi connectivity index (χ1) is 22.9. The second kappa shape index (κ2) is 15.4. The van der Waals surface area contributed by atoms with Gasteiger partial charge in [-0.3, -0.25) is 14.6 Å². The van der Waals surface area contributed by atoms with Gasteiger partial charge in [-0.25, -0.2) is 0 Å². The molecular formula is C39H54ClN3O4. The molecule has 4 unspecified atom stereocenters. The summed E-state index contributed by atoms with van der Waals surface area (Å²) in [5, 5.41) is 0.780. The molecule has 6 rings (SSSR count). The summed E-state index contributed by atoms with van der Waals surface area (Å²) in [5.74, 6) is 1.87. The number of fused-ring (bicyclic) bond motifs is 2. The van der Waals surface area contributed by atoms with Crippen molar-refractivity contribution in [3.63, 3.8) is 0 Å². The summed E-state index contributed by atoms with van der Waals surface area (Å²) in [6, 6.07) is 12.6. The Morgan fingerprint density at radius 2 is 1.94 bits per heavy atom. The van der Waals surface area contributed by atoms with Crippen LogP contribution < -0.4 is 9.64 Å². The van der Waals surface area contributed by atoms with E-state index in [1.807, 2.05) is 31.4 Å². The van der Waals surface area contributed by atoms with Crippen LogP contribution in [0.1, 0.15) is 73.9 Å². The van der Waals surface area contributed by atoms with Gasteiger partial charge >= 0.3 is 0 Å². The maximum Gasteiger partial charge on any atom is 0.150 e. The molecule has 6 atom stereocenters. The first-order valence-electron chi connectivity index (χ1n) is 17.9. The van der Waals surface area contributed by atoms with Crippen molar-refractivity contribution in [2.45, 2.75) is 76.5 Å². The van der Waals surface area contributed by atoms with Crippen LogP contribution >= 0.6 is 11.6 Å². The number of aryl methyl sites for hydroxylation is 1. The fourth-order valence-corrected chi connectivity index (χ4v) is 8.71. The molecule has 0 bridgehead atoms. The van der Waals surface area contributed by atoms with Gasteiger partial charge in [-0.2, -0.15) is 0 Å². The van der Waals surface area contributed by atoms with E-state index in [0.717, 1.165) is 107 Å². The van der Waals surface area contributed by atoms with E-state index in [2.05, 4.69) is 59.8 Å². The number of anilines is 1. The molecule has 0 aromatic heterocycles. The summed E-state index contributed by atoms with van der Waals surface area (Å²) in [6.07, 6.45) is 11.3. The van der Waals surface area contributed by atoms with Crippen molar-refractivity contribution in [1.29, 1.82) is 0 Å². The molecule has 7 nitrogen and oxygen atoms in total. The SMILES string of the molecule is CC/C=C/[C@](CN1CCN2C[C@@H](C)OCC2C1)(OC)C1CCC1CN1CC(c2ccc(Cl)cc2CCC)COc2ccc(C=O)cc21. The zero-order valence-corrected chi connectivity index (χ0v) is 29.6. The van der Waals surface area contributed by atoms with Crippen LogP contribution in [0.25, 0.3) is 0 Å². The van der Waals surface area contributed by atoms with Gasteiger partial charge in [0.2, 0.25) is 0 Å². The topological polar surface area (TPSA) is 54.5 Å². The highest BCUT2D eigenvalue weighted by Crippen LogP contribution is 2.47. The lowest BCUT2D eigenvalue weighted by atomic mass is 9.63. The van der Waals surface area contributed by atoms with Gasteiger partial charge in [-0.15, -0.1) is 0 Å². The predicted octanol–water partition coefficient (Wildman–Crippen LogP) is 6.87. The van der Waals surface area contributed by atoms with Crippen molar-refractivity contribution in [1.82, 2.24) is 9.80 Å². The third kappa shape index (κ3) is 7.60. The van der Waals surface area contributed by atoms with E-state index in [-0.39, 0.29) is 11.5 Å². The number of morpholine rings is 1. The lowest BCUT2D eigenvalue weighted by Crippen LogP contribution is -2.63. The summed E-state index contributed by atoms with van der Waals surface area (Å²) in [4.78, 5) is 19.7. The smallest absolute Gasteiger partial charge is 0.150 e. The van der Waals surface area contributed by atoms with Crippen LogP contribution in [0.2, 0.25) is 5.02 Å². The van der Waals surface area contributed by atoms with Gasteiger partial charge in [-0.1, -0.05) is 50.1 Å². The zero-order valence-electron chi connectivity index (χ0n) is 28.8. The average Bonchev–Trinajstić information content (AvgIpc) is 3.24. The van der Waals surface area contributed by atoms with E-state index in [1.54, 1.807) is 0 Å². The molecule has 3 aliphatic heterocycles. The molecule has 256 valence electrons. The molecule has 3 heterocycles. The summed E-state index contributed by atoms with van der Waals surface area (Å²) in [7, 11) is 1.91. The number of aldehydes is 1. The Hall–Kier alpha value is -2.42. The van der Waals surface area contributed by atoms with Crippen LogP contribution in [-0.4, -0.2) is 100.0 Å². The van der Waals surface area contributed by atoms with Gasteiger partial charge in [0.1, 0.15) is 17.6 Å². The number of nitrogens with zero attached hydrogens (tertiary/aromatic N) is 3. The second-order valence-corrected chi connectivity index (χ2v) is 14.7. The Balaban J connectivity index is 1.26. The van der Waals surface area contributed by atoms with Crippen molar-refractivity contribution < 1.29 is 19.0 Å². The lowest BCUT2D eigenvalue weighted by molar-refractivity contribution is -0.117. The molecule has 0 radical (unpaired) electrons. The largest absolute Gasteiger partial charge is 0.491 e. The number of carbonyl (C=O) groups is 1. The Morgan fingerprint density at radius 3 is 2.68 bits per heavy atom. The van der Waals surface area contributed by atoms with E-state index in [9.17, 15) is 4.79 Å². The number of rotatable bonds is 12. The van der Waals surface area contributed by atoms with Crippen molar-refractivity contribution in [3.8, 4) is 5.75 Å². The standard InChI is InChI=1S/C39H54ClN3O4/c1-5-7-15-39(45-4,27-41-16-17-42-20-28(3)46-26-34(42)23-41)36-13-10-31(36)21-43-22-32(35-12-11-33(40)19-30(35)8-6-2)25-47-38-14-9-29(24-44)18-37(38)43/h7,9,11-12,14-15,18-19,24,28,31-32,34,36H,5-6,8,10,13,16-17,20-23,25-27H2,1-4H3/b15-7+/t28-,31?,32?,34?,36?,39-/m1/s1. The first kappa shape index (κ1) is 34.4. The van der Waals surface area contributed by atoms with E-state index >= 15 is 0 Å². The van der Waals surface area contributed by atoms with E-state index < -0.39 is 0 Å². The van der Waals surface area contributed by atoms with Crippen molar-refractivity contribution in [2.75, 3.05) is 71.0 Å². The number of hydrogen-bond acceptors (Lipinski definition) is 7. The Bertz CT molecular complexity index is 1400. The number of halogens is 1.